The molecule has 0 radical (unpaired) electrons. The zero-order valence-electron chi connectivity index (χ0n) is 7.96. The summed E-state index contributed by atoms with van der Waals surface area (Å²) in [7, 11) is 0. The highest BCUT2D eigenvalue weighted by Gasteiger charge is 1.78. The quantitative estimate of drug-likeness (QED) is 0.444. The lowest BCUT2D eigenvalue weighted by atomic mass is 10.3. The molecule has 0 fully saturated rings. The SMILES string of the molecule is C=C/C=C\C(=C/C=C)N=C.CC. The van der Waals surface area contributed by atoms with Crippen molar-refractivity contribution in [3.8, 4) is 0 Å². The fourth-order valence-corrected chi connectivity index (χ4v) is 0.448. The zero-order valence-corrected chi connectivity index (χ0v) is 7.96. The van der Waals surface area contributed by atoms with E-state index in [0.717, 1.165) is 5.70 Å². The minimum Gasteiger partial charge on any atom is -0.265 e. The first-order valence-electron chi connectivity index (χ1n) is 3.93. The summed E-state index contributed by atoms with van der Waals surface area (Å²) in [6, 6.07) is 0. The van der Waals surface area contributed by atoms with Gasteiger partial charge >= 0.3 is 0 Å². The maximum absolute atomic E-state index is 3.72. The van der Waals surface area contributed by atoms with Crippen LogP contribution in [0.15, 0.2) is 54.2 Å². The average Bonchev–Trinajstić information content (AvgIpc) is 2.15. The fraction of sp³-hybridized carbons (Fsp3) is 0.182. The predicted octanol–water partition coefficient (Wildman–Crippen LogP) is 3.53. The van der Waals surface area contributed by atoms with Crippen LogP contribution >= 0.6 is 0 Å². The Labute approximate surface area is 75.5 Å². The summed E-state index contributed by atoms with van der Waals surface area (Å²) < 4.78 is 0. The van der Waals surface area contributed by atoms with Crippen LogP contribution in [0.4, 0.5) is 0 Å². The molecular weight excluding hydrogens is 146 g/mol. The Balaban J connectivity index is 0. The molecule has 0 unspecified atom stereocenters. The van der Waals surface area contributed by atoms with Crippen LogP contribution in [-0.2, 0) is 0 Å². The van der Waals surface area contributed by atoms with Gasteiger partial charge in [0.2, 0.25) is 0 Å². The summed E-state index contributed by atoms with van der Waals surface area (Å²) in [6.45, 7) is 14.4. The van der Waals surface area contributed by atoms with Gasteiger partial charge in [-0.15, -0.1) is 0 Å². The van der Waals surface area contributed by atoms with E-state index in [1.165, 1.54) is 0 Å². The molecule has 0 spiro atoms. The molecule has 0 aliphatic heterocycles. The van der Waals surface area contributed by atoms with Gasteiger partial charge in [-0.1, -0.05) is 45.2 Å². The molecule has 0 amide bonds. The molecule has 0 aliphatic carbocycles. The van der Waals surface area contributed by atoms with E-state index in [1.54, 1.807) is 24.3 Å². The van der Waals surface area contributed by atoms with Crippen molar-refractivity contribution in [2.45, 2.75) is 13.8 Å². The molecule has 1 heteroatoms. The van der Waals surface area contributed by atoms with Crippen LogP contribution in [0.1, 0.15) is 13.8 Å². The molecule has 0 saturated heterocycles. The van der Waals surface area contributed by atoms with E-state index in [2.05, 4.69) is 24.9 Å². The average molecular weight is 163 g/mol. The lowest BCUT2D eigenvalue weighted by Crippen LogP contribution is -1.66. The molecular formula is C11H17N. The van der Waals surface area contributed by atoms with E-state index in [9.17, 15) is 0 Å². The summed E-state index contributed by atoms with van der Waals surface area (Å²) in [5, 5.41) is 0. The maximum Gasteiger partial charge on any atom is 0.0622 e. The molecule has 0 aromatic carbocycles. The van der Waals surface area contributed by atoms with Gasteiger partial charge in [0.1, 0.15) is 0 Å². The number of hydrogen-bond acceptors (Lipinski definition) is 1. The number of hydrogen-bond donors (Lipinski definition) is 0. The smallest absolute Gasteiger partial charge is 0.0622 e. The van der Waals surface area contributed by atoms with Crippen LogP contribution in [0.5, 0.6) is 0 Å². The first kappa shape index (κ1) is 13.2. The molecule has 0 aliphatic rings. The third-order valence-corrected chi connectivity index (χ3v) is 0.874. The summed E-state index contributed by atoms with van der Waals surface area (Å²) >= 11 is 0. The van der Waals surface area contributed by atoms with Crippen LogP contribution in [-0.4, -0.2) is 6.72 Å². The Kier molecular flexibility index (Phi) is 13.6. The Morgan fingerprint density at radius 1 is 1.17 bits per heavy atom. The van der Waals surface area contributed by atoms with Gasteiger partial charge < -0.3 is 0 Å². The molecule has 0 aromatic rings. The molecule has 0 aromatic heterocycles. The van der Waals surface area contributed by atoms with Crippen LogP contribution in [0, 0.1) is 0 Å². The largest absolute Gasteiger partial charge is 0.265 e. The van der Waals surface area contributed by atoms with E-state index in [1.807, 2.05) is 19.9 Å². The van der Waals surface area contributed by atoms with Gasteiger partial charge in [-0.05, 0) is 18.9 Å². The second kappa shape index (κ2) is 12.3. The van der Waals surface area contributed by atoms with Crippen molar-refractivity contribution in [2.75, 3.05) is 0 Å². The molecule has 66 valence electrons. The maximum atomic E-state index is 3.72. The Bertz CT molecular complexity index is 185. The number of rotatable bonds is 4. The third-order valence-electron chi connectivity index (χ3n) is 0.874. The summed E-state index contributed by atoms with van der Waals surface area (Å²) in [4.78, 5) is 3.72. The highest BCUT2D eigenvalue weighted by molar-refractivity contribution is 5.35. The van der Waals surface area contributed by atoms with Gasteiger partial charge in [-0.2, -0.15) is 0 Å². The van der Waals surface area contributed by atoms with Crippen molar-refractivity contribution in [3.63, 3.8) is 0 Å². The summed E-state index contributed by atoms with van der Waals surface area (Å²) in [5.74, 6) is 0. The Hall–Kier alpha value is -1.37. The molecule has 0 rings (SSSR count). The summed E-state index contributed by atoms with van der Waals surface area (Å²) in [6.07, 6.45) is 8.72. The monoisotopic (exact) mass is 163 g/mol. The van der Waals surface area contributed by atoms with E-state index < -0.39 is 0 Å². The Morgan fingerprint density at radius 2 is 1.75 bits per heavy atom. The highest BCUT2D eigenvalue weighted by atomic mass is 14.7. The van der Waals surface area contributed by atoms with Gasteiger partial charge in [0.15, 0.2) is 0 Å². The van der Waals surface area contributed by atoms with Gasteiger partial charge in [0.25, 0.3) is 0 Å². The molecule has 0 heterocycles. The molecule has 1 nitrogen and oxygen atoms in total. The van der Waals surface area contributed by atoms with Crippen molar-refractivity contribution in [1.82, 2.24) is 0 Å². The van der Waals surface area contributed by atoms with Crippen molar-refractivity contribution >= 4 is 6.72 Å². The van der Waals surface area contributed by atoms with Crippen molar-refractivity contribution in [1.29, 1.82) is 0 Å². The van der Waals surface area contributed by atoms with Crippen LogP contribution in [0.2, 0.25) is 0 Å². The van der Waals surface area contributed by atoms with Gasteiger partial charge in [-0.3, -0.25) is 4.99 Å². The topological polar surface area (TPSA) is 12.4 Å². The van der Waals surface area contributed by atoms with Crippen molar-refractivity contribution in [3.05, 3.63) is 49.2 Å². The lowest BCUT2D eigenvalue weighted by Gasteiger charge is -1.85. The number of aliphatic imine (C=N–C) groups is 1. The highest BCUT2D eigenvalue weighted by Crippen LogP contribution is 1.97. The number of allylic oxidation sites excluding steroid dienone is 5. The summed E-state index contributed by atoms with van der Waals surface area (Å²) in [5.41, 5.74) is 0.787. The minimum atomic E-state index is 0.787. The number of nitrogens with zero attached hydrogens (tertiary/aromatic N) is 1. The van der Waals surface area contributed by atoms with Gasteiger partial charge in [-0.25, -0.2) is 0 Å². The van der Waals surface area contributed by atoms with Gasteiger partial charge in [0, 0.05) is 0 Å². The van der Waals surface area contributed by atoms with Crippen LogP contribution < -0.4 is 0 Å². The van der Waals surface area contributed by atoms with Crippen molar-refractivity contribution in [2.24, 2.45) is 4.99 Å². The van der Waals surface area contributed by atoms with Crippen LogP contribution in [0.3, 0.4) is 0 Å². The first-order valence-corrected chi connectivity index (χ1v) is 3.93. The molecule has 0 saturated carbocycles. The van der Waals surface area contributed by atoms with Gasteiger partial charge in [0.05, 0.1) is 5.70 Å². The molecule has 0 N–H and O–H groups in total. The normalized spacial score (nSPS) is 10.0. The third kappa shape index (κ3) is 8.63. The second-order valence-corrected chi connectivity index (χ2v) is 1.58. The van der Waals surface area contributed by atoms with E-state index >= 15 is 0 Å². The van der Waals surface area contributed by atoms with E-state index in [-0.39, 0.29) is 0 Å². The standard InChI is InChI=1S/C9H11N.C2H6/c1-4-6-8-9(10-3)7-5-2;1-2/h4-8H,1-3H2;1-2H3/b8-6-,9-7+;. The molecule has 0 atom stereocenters. The van der Waals surface area contributed by atoms with Crippen LogP contribution in [0.25, 0.3) is 0 Å². The van der Waals surface area contributed by atoms with E-state index in [0.29, 0.717) is 0 Å². The first-order chi connectivity index (χ1) is 5.85. The predicted molar refractivity (Wildman–Crippen MR) is 58.5 cm³/mol. The molecule has 12 heavy (non-hydrogen) atoms. The van der Waals surface area contributed by atoms with Crippen molar-refractivity contribution < 1.29 is 0 Å². The Morgan fingerprint density at radius 3 is 2.08 bits per heavy atom. The zero-order chi connectivity index (χ0) is 9.82. The van der Waals surface area contributed by atoms with E-state index in [4.69, 9.17) is 0 Å². The fourth-order valence-electron chi connectivity index (χ4n) is 0.448. The lowest BCUT2D eigenvalue weighted by molar-refractivity contribution is 1.44. The second-order valence-electron chi connectivity index (χ2n) is 1.58. The minimum absolute atomic E-state index is 0.787. The molecule has 0 bridgehead atoms.